The van der Waals surface area contributed by atoms with Crippen LogP contribution >= 0.6 is 0 Å². The first kappa shape index (κ1) is 20.8. The summed E-state index contributed by atoms with van der Waals surface area (Å²) in [5.74, 6) is 0.807. The predicted molar refractivity (Wildman–Crippen MR) is 123 cm³/mol. The molecule has 0 aliphatic rings. The van der Waals surface area contributed by atoms with Gasteiger partial charge < -0.3 is 18.6 Å². The van der Waals surface area contributed by atoms with Crippen molar-refractivity contribution < 1.29 is 13.6 Å². The summed E-state index contributed by atoms with van der Waals surface area (Å²) in [5.41, 5.74) is 5.18. The molecule has 0 bridgehead atoms. The van der Waals surface area contributed by atoms with Crippen LogP contribution in [0.15, 0.2) is 76.0 Å². The van der Waals surface area contributed by atoms with E-state index in [-0.39, 0.29) is 12.3 Å². The fraction of sp³-hybridized carbons (Fsp3) is 0.269. The first-order chi connectivity index (χ1) is 15.0. The summed E-state index contributed by atoms with van der Waals surface area (Å²) in [5, 5.41) is 1.01. The summed E-state index contributed by atoms with van der Waals surface area (Å²) in [6.07, 6.45) is 4.58. The molecule has 0 N–H and O–H groups in total. The second-order valence-electron chi connectivity index (χ2n) is 8.01. The summed E-state index contributed by atoms with van der Waals surface area (Å²) in [7, 11) is 4.03. The van der Waals surface area contributed by atoms with E-state index in [1.165, 1.54) is 5.56 Å². The molecule has 4 rings (SSSR count). The van der Waals surface area contributed by atoms with Gasteiger partial charge in [-0.25, -0.2) is 0 Å². The second-order valence-corrected chi connectivity index (χ2v) is 8.01. The Morgan fingerprint density at radius 2 is 1.71 bits per heavy atom. The summed E-state index contributed by atoms with van der Waals surface area (Å²) in [6, 6.07) is 18.2. The van der Waals surface area contributed by atoms with Crippen LogP contribution in [0.5, 0.6) is 0 Å². The quantitative estimate of drug-likeness (QED) is 0.385. The van der Waals surface area contributed by atoms with Crippen LogP contribution in [-0.2, 0) is 30.7 Å². The number of aryl methyl sites for hydroxylation is 1. The third-order valence-corrected chi connectivity index (χ3v) is 5.57. The first-order valence-corrected chi connectivity index (χ1v) is 10.6. The van der Waals surface area contributed by atoms with Gasteiger partial charge in [-0.1, -0.05) is 25.1 Å². The number of nitrogens with zero attached hydrogens (tertiary/aromatic N) is 2. The van der Waals surface area contributed by atoms with Crippen molar-refractivity contribution in [3.63, 3.8) is 0 Å². The average molecular weight is 417 g/mol. The van der Waals surface area contributed by atoms with Gasteiger partial charge in [0.05, 0.1) is 25.5 Å². The summed E-state index contributed by atoms with van der Waals surface area (Å²) in [6.45, 7) is 3.07. The van der Waals surface area contributed by atoms with Crippen LogP contribution in [0.2, 0.25) is 0 Å². The van der Waals surface area contributed by atoms with Crippen molar-refractivity contribution in [2.75, 3.05) is 19.0 Å². The van der Waals surface area contributed by atoms with Gasteiger partial charge >= 0.3 is 0 Å². The SMILES string of the molecule is CCc1ccc2occ(CC(=O)N(Cc3ccc(N(C)C)cc3)Cc3ccco3)c2c1. The van der Waals surface area contributed by atoms with Crippen LogP contribution in [0.3, 0.4) is 0 Å². The van der Waals surface area contributed by atoms with E-state index in [2.05, 4.69) is 48.2 Å². The minimum atomic E-state index is 0.0395. The zero-order valence-corrected chi connectivity index (χ0v) is 18.3. The molecule has 0 unspecified atom stereocenters. The maximum Gasteiger partial charge on any atom is 0.227 e. The molecule has 0 spiro atoms. The van der Waals surface area contributed by atoms with Gasteiger partial charge in [-0.2, -0.15) is 0 Å². The molecule has 2 aromatic heterocycles. The van der Waals surface area contributed by atoms with Crippen LogP contribution in [0.1, 0.15) is 29.4 Å². The fourth-order valence-electron chi connectivity index (χ4n) is 3.70. The number of hydrogen-bond donors (Lipinski definition) is 0. The molecule has 0 radical (unpaired) electrons. The molecule has 0 saturated heterocycles. The highest BCUT2D eigenvalue weighted by Gasteiger charge is 2.19. The van der Waals surface area contributed by atoms with Crippen LogP contribution in [-0.4, -0.2) is 24.9 Å². The van der Waals surface area contributed by atoms with E-state index in [1.807, 2.05) is 37.2 Å². The molecule has 0 saturated carbocycles. The van der Waals surface area contributed by atoms with Crippen molar-refractivity contribution >= 4 is 22.6 Å². The summed E-state index contributed by atoms with van der Waals surface area (Å²) in [4.78, 5) is 17.2. The highest BCUT2D eigenvalue weighted by Crippen LogP contribution is 2.24. The normalized spacial score (nSPS) is 11.1. The van der Waals surface area contributed by atoms with Gasteiger partial charge in [-0.3, -0.25) is 4.79 Å². The van der Waals surface area contributed by atoms with Gasteiger partial charge in [-0.15, -0.1) is 0 Å². The molecular formula is C26H28N2O3. The third-order valence-electron chi connectivity index (χ3n) is 5.57. The minimum absolute atomic E-state index is 0.0395. The molecule has 4 aromatic rings. The number of rotatable bonds is 8. The Bertz CT molecular complexity index is 1140. The van der Waals surface area contributed by atoms with Crippen molar-refractivity contribution in [1.82, 2.24) is 4.90 Å². The summed E-state index contributed by atoms with van der Waals surface area (Å²) < 4.78 is 11.2. The van der Waals surface area contributed by atoms with Crippen molar-refractivity contribution in [2.45, 2.75) is 32.9 Å². The molecular weight excluding hydrogens is 388 g/mol. The molecule has 0 aliphatic carbocycles. The lowest BCUT2D eigenvalue weighted by atomic mass is 10.1. The number of anilines is 1. The number of carbonyl (C=O) groups is 1. The third kappa shape index (κ3) is 4.82. The molecule has 160 valence electrons. The lowest BCUT2D eigenvalue weighted by Crippen LogP contribution is -2.31. The van der Waals surface area contributed by atoms with Crippen molar-refractivity contribution in [3.8, 4) is 0 Å². The van der Waals surface area contributed by atoms with Gasteiger partial charge in [0, 0.05) is 37.3 Å². The molecule has 1 amide bonds. The zero-order chi connectivity index (χ0) is 21.8. The molecule has 0 fully saturated rings. The number of benzene rings is 2. The average Bonchev–Trinajstić information content (AvgIpc) is 3.43. The highest BCUT2D eigenvalue weighted by molar-refractivity contribution is 5.88. The maximum atomic E-state index is 13.3. The van der Waals surface area contributed by atoms with E-state index in [9.17, 15) is 4.79 Å². The van der Waals surface area contributed by atoms with E-state index in [1.54, 1.807) is 12.5 Å². The lowest BCUT2D eigenvalue weighted by molar-refractivity contribution is -0.132. The number of amides is 1. The number of hydrogen-bond acceptors (Lipinski definition) is 4. The van der Waals surface area contributed by atoms with Gasteiger partial charge in [-0.05, 0) is 53.9 Å². The largest absolute Gasteiger partial charge is 0.467 e. The van der Waals surface area contributed by atoms with E-state index in [4.69, 9.17) is 8.83 Å². The predicted octanol–water partition coefficient (Wildman–Crippen LogP) is 5.43. The smallest absolute Gasteiger partial charge is 0.227 e. The van der Waals surface area contributed by atoms with E-state index in [0.717, 1.165) is 40.0 Å². The lowest BCUT2D eigenvalue weighted by Gasteiger charge is -2.22. The standard InChI is InChI=1S/C26H28N2O3/c1-4-19-9-12-25-24(14-19)21(18-31-25)15-26(29)28(17-23-6-5-13-30-23)16-20-7-10-22(11-8-20)27(2)3/h5-14,18H,4,15-17H2,1-3H3. The second kappa shape index (κ2) is 9.13. The number of furan rings is 2. The molecule has 0 atom stereocenters. The van der Waals surface area contributed by atoms with Crippen LogP contribution < -0.4 is 4.90 Å². The van der Waals surface area contributed by atoms with Crippen LogP contribution in [0.25, 0.3) is 11.0 Å². The topological polar surface area (TPSA) is 49.8 Å². The van der Waals surface area contributed by atoms with Gasteiger partial charge in [0.1, 0.15) is 11.3 Å². The van der Waals surface area contributed by atoms with Gasteiger partial charge in [0.2, 0.25) is 5.91 Å². The summed E-state index contributed by atoms with van der Waals surface area (Å²) >= 11 is 0. The zero-order valence-electron chi connectivity index (χ0n) is 18.3. The number of fused-ring (bicyclic) bond motifs is 1. The fourth-order valence-corrected chi connectivity index (χ4v) is 3.70. The van der Waals surface area contributed by atoms with Crippen molar-refractivity contribution in [2.24, 2.45) is 0 Å². The highest BCUT2D eigenvalue weighted by atomic mass is 16.3. The molecule has 2 heterocycles. The Morgan fingerprint density at radius 3 is 2.39 bits per heavy atom. The molecule has 2 aromatic carbocycles. The maximum absolute atomic E-state index is 13.3. The minimum Gasteiger partial charge on any atom is -0.467 e. The first-order valence-electron chi connectivity index (χ1n) is 10.6. The monoisotopic (exact) mass is 416 g/mol. The molecule has 0 aliphatic heterocycles. The molecule has 5 nitrogen and oxygen atoms in total. The number of carbonyl (C=O) groups excluding carboxylic acids is 1. The Morgan fingerprint density at radius 1 is 0.935 bits per heavy atom. The molecule has 31 heavy (non-hydrogen) atoms. The van der Waals surface area contributed by atoms with Crippen molar-refractivity contribution in [3.05, 3.63) is 89.6 Å². The van der Waals surface area contributed by atoms with Crippen LogP contribution in [0.4, 0.5) is 5.69 Å². The van der Waals surface area contributed by atoms with E-state index < -0.39 is 0 Å². The van der Waals surface area contributed by atoms with E-state index >= 15 is 0 Å². The molecule has 5 heteroatoms. The van der Waals surface area contributed by atoms with Crippen LogP contribution in [0, 0.1) is 0 Å². The van der Waals surface area contributed by atoms with Gasteiger partial charge in [0.15, 0.2) is 0 Å². The van der Waals surface area contributed by atoms with Crippen molar-refractivity contribution in [1.29, 1.82) is 0 Å². The van der Waals surface area contributed by atoms with Gasteiger partial charge in [0.25, 0.3) is 0 Å². The Kier molecular flexibility index (Phi) is 6.12. The Labute approximate surface area is 182 Å². The Balaban J connectivity index is 1.56. The Hall–Kier alpha value is -3.47. The van der Waals surface area contributed by atoms with E-state index in [0.29, 0.717) is 13.1 Å².